The highest BCUT2D eigenvalue weighted by Crippen LogP contribution is 2.43. The summed E-state index contributed by atoms with van der Waals surface area (Å²) >= 11 is 0. The fraction of sp³-hybridized carbons (Fsp3) is 0.250. The smallest absolute Gasteiger partial charge is 0.269 e. The van der Waals surface area contributed by atoms with Gasteiger partial charge in [-0.1, -0.05) is 18.2 Å². The molecule has 1 atom stereocenters. The minimum absolute atomic E-state index is 0.00151. The summed E-state index contributed by atoms with van der Waals surface area (Å²) in [6, 6.07) is 14.1. The highest BCUT2D eigenvalue weighted by molar-refractivity contribution is 5.61. The van der Waals surface area contributed by atoms with E-state index in [1.54, 1.807) is 12.1 Å². The number of nitrogens with zero attached hydrogens (tertiary/aromatic N) is 3. The number of nitriles is 1. The van der Waals surface area contributed by atoms with E-state index in [4.69, 9.17) is 10.5 Å². The number of fused-ring (bicyclic) bond motifs is 1. The summed E-state index contributed by atoms with van der Waals surface area (Å²) < 4.78 is 5.73. The van der Waals surface area contributed by atoms with Gasteiger partial charge in [0.2, 0.25) is 5.88 Å². The van der Waals surface area contributed by atoms with Crippen LogP contribution in [0.15, 0.2) is 53.9 Å². The Morgan fingerprint density at radius 1 is 1.22 bits per heavy atom. The predicted octanol–water partition coefficient (Wildman–Crippen LogP) is 3.66. The Morgan fingerprint density at radius 3 is 2.44 bits per heavy atom. The first-order valence-corrected chi connectivity index (χ1v) is 8.70. The molecule has 2 N–H and O–H groups in total. The van der Waals surface area contributed by atoms with Crippen LogP contribution in [-0.2, 0) is 0 Å². The Balaban J connectivity index is 2.10. The summed E-state index contributed by atoms with van der Waals surface area (Å²) in [6.45, 7) is 5.86. The van der Waals surface area contributed by atoms with Gasteiger partial charge < -0.3 is 15.4 Å². The van der Waals surface area contributed by atoms with Crippen LogP contribution < -0.4 is 15.4 Å². The third-order valence-corrected chi connectivity index (χ3v) is 4.77. The van der Waals surface area contributed by atoms with Gasteiger partial charge in [0.15, 0.2) is 0 Å². The molecule has 3 rings (SSSR count). The molecule has 7 heteroatoms. The van der Waals surface area contributed by atoms with E-state index in [1.165, 1.54) is 12.1 Å². The molecule has 1 aliphatic rings. The quantitative estimate of drug-likeness (QED) is 0.641. The maximum absolute atomic E-state index is 10.9. The average molecular weight is 364 g/mol. The number of hydrogen-bond acceptors (Lipinski definition) is 6. The number of nitro benzene ring substituents is 1. The Hall–Kier alpha value is -3.53. The van der Waals surface area contributed by atoms with Crippen molar-refractivity contribution in [3.05, 3.63) is 75.2 Å². The van der Waals surface area contributed by atoms with Crippen molar-refractivity contribution in [2.45, 2.75) is 19.8 Å². The van der Waals surface area contributed by atoms with Crippen LogP contribution in [0.25, 0.3) is 0 Å². The van der Waals surface area contributed by atoms with Gasteiger partial charge in [0.25, 0.3) is 5.69 Å². The molecule has 7 nitrogen and oxygen atoms in total. The maximum Gasteiger partial charge on any atom is 0.269 e. The normalized spacial score (nSPS) is 15.5. The number of nitrogens with two attached hydrogens (primary N) is 1. The number of nitro groups is 1. The van der Waals surface area contributed by atoms with E-state index in [0.29, 0.717) is 11.3 Å². The molecule has 0 saturated heterocycles. The van der Waals surface area contributed by atoms with Crippen molar-refractivity contribution in [3.8, 4) is 11.8 Å². The molecule has 0 bridgehead atoms. The highest BCUT2D eigenvalue weighted by atomic mass is 16.6. The zero-order valence-electron chi connectivity index (χ0n) is 15.2. The second-order valence-electron chi connectivity index (χ2n) is 6.17. The van der Waals surface area contributed by atoms with Gasteiger partial charge in [-0.3, -0.25) is 10.1 Å². The molecule has 0 aromatic heterocycles. The fourth-order valence-corrected chi connectivity index (χ4v) is 3.36. The molecular formula is C20H20N4O3. The Bertz CT molecular complexity index is 941. The van der Waals surface area contributed by atoms with Crippen LogP contribution in [0.5, 0.6) is 5.75 Å². The van der Waals surface area contributed by atoms with Gasteiger partial charge in [-0.2, -0.15) is 5.26 Å². The van der Waals surface area contributed by atoms with Gasteiger partial charge in [0.05, 0.1) is 10.8 Å². The molecular weight excluding hydrogens is 344 g/mol. The van der Waals surface area contributed by atoms with Crippen LogP contribution >= 0.6 is 0 Å². The third-order valence-electron chi connectivity index (χ3n) is 4.77. The predicted molar refractivity (Wildman–Crippen MR) is 102 cm³/mol. The molecule has 1 heterocycles. The molecule has 27 heavy (non-hydrogen) atoms. The lowest BCUT2D eigenvalue weighted by molar-refractivity contribution is -0.384. The first kappa shape index (κ1) is 18.3. The molecule has 0 amide bonds. The summed E-state index contributed by atoms with van der Waals surface area (Å²) in [5.41, 5.74) is 8.88. The van der Waals surface area contributed by atoms with Gasteiger partial charge >= 0.3 is 0 Å². The Morgan fingerprint density at radius 2 is 1.89 bits per heavy atom. The van der Waals surface area contributed by atoms with Crippen molar-refractivity contribution in [2.75, 3.05) is 18.0 Å². The maximum atomic E-state index is 10.9. The summed E-state index contributed by atoms with van der Waals surface area (Å²) in [4.78, 5) is 12.7. The second-order valence-corrected chi connectivity index (χ2v) is 6.17. The summed E-state index contributed by atoms with van der Waals surface area (Å²) in [6.07, 6.45) is 0. The first-order chi connectivity index (χ1) is 13.0. The second kappa shape index (κ2) is 7.38. The van der Waals surface area contributed by atoms with E-state index < -0.39 is 10.8 Å². The summed E-state index contributed by atoms with van der Waals surface area (Å²) in [5.74, 6) is 0.231. The molecule has 138 valence electrons. The van der Waals surface area contributed by atoms with Crippen molar-refractivity contribution >= 4 is 11.4 Å². The molecule has 0 radical (unpaired) electrons. The molecule has 0 saturated carbocycles. The van der Waals surface area contributed by atoms with Crippen LogP contribution in [0.1, 0.15) is 30.9 Å². The fourth-order valence-electron chi connectivity index (χ4n) is 3.36. The van der Waals surface area contributed by atoms with Gasteiger partial charge in [0, 0.05) is 42.5 Å². The van der Waals surface area contributed by atoms with Crippen molar-refractivity contribution in [2.24, 2.45) is 5.73 Å². The lowest BCUT2D eigenvalue weighted by Gasteiger charge is -2.28. The molecule has 0 fully saturated rings. The zero-order chi connectivity index (χ0) is 19.6. The third kappa shape index (κ3) is 3.29. The van der Waals surface area contributed by atoms with E-state index in [1.807, 2.05) is 18.2 Å². The first-order valence-electron chi connectivity index (χ1n) is 8.70. The minimum atomic E-state index is -0.451. The molecule has 0 aliphatic carbocycles. The Labute approximate surface area is 157 Å². The van der Waals surface area contributed by atoms with E-state index >= 15 is 0 Å². The molecule has 0 spiro atoms. The topological polar surface area (TPSA) is 105 Å². The standard InChI is InChI=1S/C20H20N4O3/c1-3-23(4-2)15-9-10-16-18(11-15)27-20(22)17(12-21)19(16)13-5-7-14(8-6-13)24(25)26/h5-11,19H,3-4,22H2,1-2H3. The number of allylic oxidation sites excluding steroid dienone is 1. The van der Waals surface area contributed by atoms with E-state index in [2.05, 4.69) is 24.8 Å². The largest absolute Gasteiger partial charge is 0.440 e. The molecule has 1 aliphatic heterocycles. The number of anilines is 1. The SMILES string of the molecule is CCN(CC)c1ccc2c(c1)OC(N)=C(C#N)C2c1ccc([N+](=O)[O-])cc1. The van der Waals surface area contributed by atoms with Gasteiger partial charge in [-0.15, -0.1) is 0 Å². The number of hydrogen-bond donors (Lipinski definition) is 1. The summed E-state index contributed by atoms with van der Waals surface area (Å²) in [7, 11) is 0. The summed E-state index contributed by atoms with van der Waals surface area (Å²) in [5, 5.41) is 20.5. The van der Waals surface area contributed by atoms with Crippen LogP contribution in [0, 0.1) is 21.4 Å². The Kier molecular flexibility index (Phi) is 4.99. The molecule has 2 aromatic rings. The highest BCUT2D eigenvalue weighted by Gasteiger charge is 2.31. The monoisotopic (exact) mass is 364 g/mol. The van der Waals surface area contributed by atoms with Crippen LogP contribution in [0.2, 0.25) is 0 Å². The zero-order valence-corrected chi connectivity index (χ0v) is 15.2. The number of non-ortho nitro benzene ring substituents is 1. The van der Waals surface area contributed by atoms with Crippen molar-refractivity contribution in [1.82, 2.24) is 0 Å². The van der Waals surface area contributed by atoms with Gasteiger partial charge in [-0.25, -0.2) is 0 Å². The van der Waals surface area contributed by atoms with E-state index in [0.717, 1.165) is 29.9 Å². The average Bonchev–Trinajstić information content (AvgIpc) is 2.67. The van der Waals surface area contributed by atoms with Gasteiger partial charge in [0.1, 0.15) is 17.4 Å². The lowest BCUT2D eigenvalue weighted by Crippen LogP contribution is -2.24. The van der Waals surface area contributed by atoms with E-state index in [-0.39, 0.29) is 11.6 Å². The number of ether oxygens (including phenoxy) is 1. The van der Waals surface area contributed by atoms with E-state index in [9.17, 15) is 15.4 Å². The minimum Gasteiger partial charge on any atom is -0.440 e. The van der Waals surface area contributed by atoms with Gasteiger partial charge in [-0.05, 0) is 25.5 Å². The van der Waals surface area contributed by atoms with Crippen molar-refractivity contribution in [3.63, 3.8) is 0 Å². The van der Waals surface area contributed by atoms with Crippen molar-refractivity contribution < 1.29 is 9.66 Å². The van der Waals surface area contributed by atoms with Crippen LogP contribution in [0.3, 0.4) is 0 Å². The lowest BCUT2D eigenvalue weighted by atomic mass is 9.83. The molecule has 2 aromatic carbocycles. The molecule has 1 unspecified atom stereocenters. The number of benzene rings is 2. The van der Waals surface area contributed by atoms with Crippen LogP contribution in [-0.4, -0.2) is 18.0 Å². The van der Waals surface area contributed by atoms with Crippen molar-refractivity contribution in [1.29, 1.82) is 5.26 Å². The van der Waals surface area contributed by atoms with Crippen LogP contribution in [0.4, 0.5) is 11.4 Å². The number of rotatable bonds is 5.